The van der Waals surface area contributed by atoms with Crippen LogP contribution in [0.25, 0.3) is 10.2 Å². The van der Waals surface area contributed by atoms with Crippen LogP contribution < -0.4 is 5.32 Å². The van der Waals surface area contributed by atoms with Crippen LogP contribution in [0.3, 0.4) is 0 Å². The first-order valence-corrected chi connectivity index (χ1v) is 8.53. The minimum atomic E-state index is 0.0744. The number of fused-ring (bicyclic) bond motifs is 1. The topological polar surface area (TPSA) is 42.0 Å². The van der Waals surface area contributed by atoms with Crippen molar-refractivity contribution >= 4 is 39.2 Å². The molecule has 0 radical (unpaired) electrons. The Morgan fingerprint density at radius 1 is 1.47 bits per heavy atom. The van der Waals surface area contributed by atoms with Gasteiger partial charge in [-0.1, -0.05) is 19.1 Å². The molecule has 1 heterocycles. The highest BCUT2D eigenvalue weighted by Crippen LogP contribution is 2.21. The summed E-state index contributed by atoms with van der Waals surface area (Å²) < 4.78 is 1.21. The lowest BCUT2D eigenvalue weighted by Gasteiger charge is -2.09. The molecule has 0 bridgehead atoms. The fourth-order valence-corrected chi connectivity index (χ4v) is 3.44. The van der Waals surface area contributed by atoms with Gasteiger partial charge in [-0.2, -0.15) is 11.8 Å². The molecule has 1 aromatic carbocycles. The number of benzene rings is 1. The smallest absolute Gasteiger partial charge is 0.223 e. The summed E-state index contributed by atoms with van der Waals surface area (Å²) in [5.41, 5.74) is 1.05. The Morgan fingerprint density at radius 2 is 2.26 bits per heavy atom. The van der Waals surface area contributed by atoms with Gasteiger partial charge in [-0.3, -0.25) is 4.79 Å². The van der Waals surface area contributed by atoms with Gasteiger partial charge in [0.05, 0.1) is 15.2 Å². The third-order valence-corrected chi connectivity index (χ3v) is 4.77. The number of thiazole rings is 1. The minimum Gasteiger partial charge on any atom is -0.355 e. The van der Waals surface area contributed by atoms with Crippen molar-refractivity contribution < 1.29 is 4.79 Å². The fraction of sp³-hybridized carbons (Fsp3) is 0.429. The van der Waals surface area contributed by atoms with Gasteiger partial charge in [-0.25, -0.2) is 4.98 Å². The number of hydrogen-bond donors (Lipinski definition) is 1. The molecule has 102 valence electrons. The van der Waals surface area contributed by atoms with Gasteiger partial charge in [0, 0.05) is 24.6 Å². The van der Waals surface area contributed by atoms with E-state index in [1.807, 2.05) is 31.4 Å². The van der Waals surface area contributed by atoms with Crippen molar-refractivity contribution in [1.82, 2.24) is 10.3 Å². The summed E-state index contributed by atoms with van der Waals surface area (Å²) in [6.07, 6.45) is 2.82. The monoisotopic (exact) mass is 294 g/mol. The maximum absolute atomic E-state index is 11.8. The van der Waals surface area contributed by atoms with Crippen molar-refractivity contribution in [2.24, 2.45) is 5.92 Å². The van der Waals surface area contributed by atoms with Crippen LogP contribution in [0.1, 0.15) is 11.9 Å². The van der Waals surface area contributed by atoms with Crippen molar-refractivity contribution in [1.29, 1.82) is 0 Å². The predicted octanol–water partition coefficient (Wildman–Crippen LogP) is 2.95. The number of para-hydroxylation sites is 1. The lowest BCUT2D eigenvalue weighted by molar-refractivity contribution is -0.123. The Balaban J connectivity index is 1.84. The third-order valence-electron chi connectivity index (χ3n) is 2.84. The molecule has 0 aliphatic heterocycles. The molecule has 1 atom stereocenters. The molecule has 0 spiro atoms. The van der Waals surface area contributed by atoms with E-state index in [2.05, 4.69) is 16.4 Å². The van der Waals surface area contributed by atoms with Gasteiger partial charge in [-0.15, -0.1) is 11.3 Å². The van der Waals surface area contributed by atoms with Crippen molar-refractivity contribution in [3.8, 4) is 0 Å². The lowest BCUT2D eigenvalue weighted by Crippen LogP contribution is -2.31. The van der Waals surface area contributed by atoms with Crippen molar-refractivity contribution in [3.63, 3.8) is 0 Å². The van der Waals surface area contributed by atoms with E-state index in [9.17, 15) is 4.79 Å². The molecular formula is C14H18N2OS2. The molecule has 0 fully saturated rings. The van der Waals surface area contributed by atoms with Gasteiger partial charge in [0.25, 0.3) is 0 Å². The Morgan fingerprint density at radius 3 is 3.00 bits per heavy atom. The Kier molecular flexibility index (Phi) is 5.22. The van der Waals surface area contributed by atoms with Crippen molar-refractivity contribution in [2.45, 2.75) is 13.3 Å². The molecule has 2 aromatic rings. The normalized spacial score (nSPS) is 12.5. The minimum absolute atomic E-state index is 0.0744. The molecule has 0 saturated heterocycles. The van der Waals surface area contributed by atoms with Crippen molar-refractivity contribution in [3.05, 3.63) is 29.3 Å². The van der Waals surface area contributed by atoms with Crippen LogP contribution in [0.15, 0.2) is 24.3 Å². The average Bonchev–Trinajstić information content (AvgIpc) is 2.81. The lowest BCUT2D eigenvalue weighted by atomic mass is 10.2. The number of thioether (sulfide) groups is 1. The first-order valence-electron chi connectivity index (χ1n) is 6.32. The quantitative estimate of drug-likeness (QED) is 0.890. The van der Waals surface area contributed by atoms with Gasteiger partial charge < -0.3 is 5.32 Å². The van der Waals surface area contributed by atoms with E-state index in [-0.39, 0.29) is 11.8 Å². The number of nitrogens with zero attached hydrogens (tertiary/aromatic N) is 1. The highest BCUT2D eigenvalue weighted by Gasteiger charge is 2.11. The number of carbonyl (C=O) groups is 1. The van der Waals surface area contributed by atoms with Crippen LogP contribution in [-0.2, 0) is 11.2 Å². The van der Waals surface area contributed by atoms with E-state index in [0.29, 0.717) is 6.54 Å². The largest absolute Gasteiger partial charge is 0.355 e. The second kappa shape index (κ2) is 6.91. The van der Waals surface area contributed by atoms with Gasteiger partial charge in [-0.05, 0) is 18.4 Å². The average molecular weight is 294 g/mol. The third kappa shape index (κ3) is 3.94. The standard InChI is InChI=1S/C14H18N2OS2/c1-10(9-18-2)14(17)15-8-7-13-16-11-5-3-4-6-12(11)19-13/h3-6,10H,7-9H2,1-2H3,(H,15,17). The van der Waals surface area contributed by atoms with E-state index in [1.54, 1.807) is 23.1 Å². The number of rotatable bonds is 6. The zero-order valence-electron chi connectivity index (χ0n) is 11.2. The van der Waals surface area contributed by atoms with Crippen LogP contribution in [0.4, 0.5) is 0 Å². The number of amides is 1. The Labute approximate surface area is 121 Å². The number of nitrogens with one attached hydrogen (secondary N) is 1. The second-order valence-corrected chi connectivity index (χ2v) is 6.50. The Bertz CT molecular complexity index is 520. The van der Waals surface area contributed by atoms with Crippen LogP contribution in [0.2, 0.25) is 0 Å². The van der Waals surface area contributed by atoms with Gasteiger partial charge in [0.15, 0.2) is 0 Å². The summed E-state index contributed by atoms with van der Waals surface area (Å²) in [6, 6.07) is 8.12. The van der Waals surface area contributed by atoms with Crippen LogP contribution in [0.5, 0.6) is 0 Å². The summed E-state index contributed by atoms with van der Waals surface area (Å²) in [6.45, 7) is 2.63. The molecule has 2 rings (SSSR count). The van der Waals surface area contributed by atoms with E-state index in [4.69, 9.17) is 0 Å². The molecule has 3 nitrogen and oxygen atoms in total. The van der Waals surface area contributed by atoms with E-state index < -0.39 is 0 Å². The van der Waals surface area contributed by atoms with E-state index in [1.165, 1.54) is 4.70 Å². The van der Waals surface area contributed by atoms with Crippen LogP contribution in [0, 0.1) is 5.92 Å². The summed E-state index contributed by atoms with van der Waals surface area (Å²) in [5, 5.41) is 4.06. The highest BCUT2D eigenvalue weighted by atomic mass is 32.2. The molecule has 1 aromatic heterocycles. The first kappa shape index (κ1) is 14.3. The van der Waals surface area contributed by atoms with Gasteiger partial charge in [0.1, 0.15) is 0 Å². The summed E-state index contributed by atoms with van der Waals surface area (Å²) in [4.78, 5) is 16.3. The number of hydrogen-bond acceptors (Lipinski definition) is 4. The molecule has 0 saturated carbocycles. The molecular weight excluding hydrogens is 276 g/mol. The molecule has 19 heavy (non-hydrogen) atoms. The zero-order chi connectivity index (χ0) is 13.7. The van der Waals surface area contributed by atoms with Gasteiger partial charge >= 0.3 is 0 Å². The molecule has 0 aliphatic carbocycles. The van der Waals surface area contributed by atoms with Crippen LogP contribution in [-0.4, -0.2) is 29.4 Å². The van der Waals surface area contributed by atoms with E-state index >= 15 is 0 Å². The van der Waals surface area contributed by atoms with Gasteiger partial charge in [0.2, 0.25) is 5.91 Å². The molecule has 5 heteroatoms. The summed E-state index contributed by atoms with van der Waals surface area (Å²) in [7, 11) is 0. The molecule has 1 N–H and O–H groups in total. The van der Waals surface area contributed by atoms with Crippen molar-refractivity contribution in [2.75, 3.05) is 18.6 Å². The Hall–Kier alpha value is -1.07. The second-order valence-electron chi connectivity index (χ2n) is 4.47. The van der Waals surface area contributed by atoms with E-state index in [0.717, 1.165) is 22.7 Å². The maximum Gasteiger partial charge on any atom is 0.223 e. The number of carbonyl (C=O) groups excluding carboxylic acids is 1. The predicted molar refractivity (Wildman–Crippen MR) is 83.9 cm³/mol. The highest BCUT2D eigenvalue weighted by molar-refractivity contribution is 7.98. The number of aromatic nitrogens is 1. The first-order chi connectivity index (χ1) is 9.20. The molecule has 1 unspecified atom stereocenters. The fourth-order valence-electron chi connectivity index (χ4n) is 1.82. The summed E-state index contributed by atoms with van der Waals surface area (Å²) >= 11 is 3.40. The summed E-state index contributed by atoms with van der Waals surface area (Å²) in [5.74, 6) is 1.08. The molecule has 0 aliphatic rings. The molecule has 1 amide bonds. The maximum atomic E-state index is 11.8. The van der Waals surface area contributed by atoms with Crippen LogP contribution >= 0.6 is 23.1 Å². The SMILES string of the molecule is CSCC(C)C(=O)NCCc1nc2ccccc2s1. The zero-order valence-corrected chi connectivity index (χ0v) is 12.8.